The Morgan fingerprint density at radius 1 is 1.00 bits per heavy atom. The third-order valence-electron chi connectivity index (χ3n) is 7.06. The molecule has 3 aromatic heterocycles. The lowest BCUT2D eigenvalue weighted by Crippen LogP contribution is -2.17. The second-order valence-corrected chi connectivity index (χ2v) is 9.52. The van der Waals surface area contributed by atoms with Crippen LogP contribution >= 0.6 is 0 Å². The fraction of sp³-hybridized carbons (Fsp3) is 0.207. The molecule has 10 nitrogen and oxygen atoms in total. The fourth-order valence-electron chi connectivity index (χ4n) is 5.08. The van der Waals surface area contributed by atoms with Gasteiger partial charge in [0.15, 0.2) is 17.0 Å². The highest BCUT2D eigenvalue weighted by atomic mass is 16.4. The predicted molar refractivity (Wildman–Crippen MR) is 145 cm³/mol. The van der Waals surface area contributed by atoms with Gasteiger partial charge in [-0.1, -0.05) is 72.8 Å². The smallest absolute Gasteiger partial charge is 0.374 e. The third kappa shape index (κ3) is 4.89. The van der Waals surface area contributed by atoms with Crippen molar-refractivity contribution < 1.29 is 15.0 Å². The summed E-state index contributed by atoms with van der Waals surface area (Å²) < 4.78 is 3.70. The molecule has 0 fully saturated rings. The maximum absolute atomic E-state index is 12.0. The number of nitrogens with zero attached hydrogens (tertiary/aromatic N) is 6. The van der Waals surface area contributed by atoms with Crippen LogP contribution in [-0.4, -0.2) is 52.0 Å². The van der Waals surface area contributed by atoms with Crippen molar-refractivity contribution >= 4 is 23.0 Å². The number of rotatable bonds is 9. The van der Waals surface area contributed by atoms with E-state index in [1.807, 2.05) is 64.0 Å². The number of carboxylic acids is 1. The molecule has 0 saturated carbocycles. The van der Waals surface area contributed by atoms with Crippen molar-refractivity contribution in [3.63, 3.8) is 0 Å². The third-order valence-corrected chi connectivity index (χ3v) is 7.06. The molecule has 1 aliphatic carbocycles. The average molecular weight is 522 g/mol. The van der Waals surface area contributed by atoms with Crippen LogP contribution in [0, 0.1) is 0 Å². The monoisotopic (exact) mass is 521 g/mol. The Morgan fingerprint density at radius 2 is 1.69 bits per heavy atom. The van der Waals surface area contributed by atoms with E-state index in [0.29, 0.717) is 29.9 Å². The zero-order valence-corrected chi connectivity index (χ0v) is 21.0. The molecule has 3 heterocycles. The van der Waals surface area contributed by atoms with Crippen molar-refractivity contribution in [2.45, 2.75) is 31.0 Å². The van der Waals surface area contributed by atoms with E-state index < -0.39 is 5.97 Å². The number of aromatic nitrogens is 6. The van der Waals surface area contributed by atoms with Crippen LogP contribution in [0.3, 0.4) is 0 Å². The van der Waals surface area contributed by atoms with Gasteiger partial charge in [-0.2, -0.15) is 5.10 Å². The molecule has 0 aliphatic heterocycles. The van der Waals surface area contributed by atoms with Gasteiger partial charge in [0.05, 0.1) is 31.2 Å². The molecule has 0 saturated heterocycles. The molecule has 3 N–H and O–H groups in total. The van der Waals surface area contributed by atoms with Crippen molar-refractivity contribution in [2.24, 2.45) is 0 Å². The first-order valence-electron chi connectivity index (χ1n) is 12.7. The van der Waals surface area contributed by atoms with Gasteiger partial charge in [-0.05, 0) is 17.5 Å². The topological polar surface area (TPSA) is 131 Å². The van der Waals surface area contributed by atoms with Gasteiger partial charge in [-0.3, -0.25) is 4.68 Å². The Labute approximate surface area is 224 Å². The average Bonchev–Trinajstić information content (AvgIpc) is 3.73. The van der Waals surface area contributed by atoms with Crippen LogP contribution in [0.2, 0.25) is 0 Å². The number of hydrogen-bond acceptors (Lipinski definition) is 7. The summed E-state index contributed by atoms with van der Waals surface area (Å²) in [6, 6.07) is 20.2. The number of imidazole rings is 1. The summed E-state index contributed by atoms with van der Waals surface area (Å²) in [5, 5.41) is 26.9. The molecule has 0 amide bonds. The van der Waals surface area contributed by atoms with Gasteiger partial charge < -0.3 is 20.1 Å². The summed E-state index contributed by atoms with van der Waals surface area (Å²) in [5.74, 6) is -1.10. The maximum atomic E-state index is 12.0. The first-order valence-corrected chi connectivity index (χ1v) is 12.7. The minimum Gasteiger partial charge on any atom is -0.475 e. The zero-order valence-electron chi connectivity index (χ0n) is 21.0. The number of carbonyl (C=O) groups is 1. The molecular formula is C29H27N7O3. The van der Waals surface area contributed by atoms with Gasteiger partial charge in [0.2, 0.25) is 5.82 Å². The normalized spacial score (nSPS) is 16.8. The highest BCUT2D eigenvalue weighted by Crippen LogP contribution is 2.34. The number of aromatic carboxylic acids is 1. The molecule has 6 rings (SSSR count). The summed E-state index contributed by atoms with van der Waals surface area (Å²) in [4.78, 5) is 25.2. The summed E-state index contributed by atoms with van der Waals surface area (Å²) in [6.45, 7) is 0.427. The Morgan fingerprint density at radius 3 is 2.33 bits per heavy atom. The first kappa shape index (κ1) is 24.5. The number of allylic oxidation sites excluding steroid dienone is 2. The quantitative estimate of drug-likeness (QED) is 0.246. The number of aliphatic hydroxyl groups excluding tert-OH is 1. The molecule has 39 heavy (non-hydrogen) atoms. The van der Waals surface area contributed by atoms with Gasteiger partial charge in [0, 0.05) is 24.2 Å². The van der Waals surface area contributed by atoms with E-state index in [0.717, 1.165) is 16.7 Å². The Bertz CT molecular complexity index is 1590. The van der Waals surface area contributed by atoms with Crippen molar-refractivity contribution in [1.82, 2.24) is 29.3 Å². The van der Waals surface area contributed by atoms with Crippen molar-refractivity contribution in [1.29, 1.82) is 0 Å². The van der Waals surface area contributed by atoms with Crippen LogP contribution in [0.1, 0.15) is 51.7 Å². The van der Waals surface area contributed by atoms with Crippen molar-refractivity contribution in [3.05, 3.63) is 114 Å². The SMILES string of the molecule is O=C(O)c1nc(NCC(c2ccccc2)c2ccccc2)c2ncn([C@H]3C=C[C@@H](n4cc(CO)cn4)C3)c2n1. The molecule has 5 aromatic rings. The van der Waals surface area contributed by atoms with Gasteiger partial charge in [0.25, 0.3) is 0 Å². The molecule has 1 aliphatic rings. The number of fused-ring (bicyclic) bond motifs is 1. The summed E-state index contributed by atoms with van der Waals surface area (Å²) in [6.07, 6.45) is 9.94. The largest absolute Gasteiger partial charge is 0.475 e. The van der Waals surface area contributed by atoms with Crippen molar-refractivity contribution in [3.8, 4) is 0 Å². The van der Waals surface area contributed by atoms with Crippen LogP contribution < -0.4 is 5.32 Å². The molecule has 0 radical (unpaired) electrons. The number of nitrogens with one attached hydrogen (secondary N) is 1. The molecule has 10 heteroatoms. The van der Waals surface area contributed by atoms with E-state index in [-0.39, 0.29) is 30.4 Å². The van der Waals surface area contributed by atoms with Crippen LogP contribution in [-0.2, 0) is 6.61 Å². The molecule has 0 unspecified atom stereocenters. The number of hydrogen-bond donors (Lipinski definition) is 3. The molecule has 0 bridgehead atoms. The van der Waals surface area contributed by atoms with E-state index in [1.54, 1.807) is 12.5 Å². The summed E-state index contributed by atoms with van der Waals surface area (Å²) >= 11 is 0. The van der Waals surface area contributed by atoms with E-state index in [4.69, 9.17) is 0 Å². The number of carboxylic acid groups (broad SMARTS) is 1. The standard InChI is InChI=1S/C29H27N7O3/c37-17-19-14-32-36(16-19)23-12-11-22(13-23)35-18-31-25-26(33-27(29(38)39)34-28(25)35)30-15-24(20-7-3-1-4-8-20)21-9-5-2-6-10-21/h1-12,14,16,18,22-24,37H,13,15,17H2,(H,38,39)(H,30,33,34)/t22-,23+/m0/s1. The lowest BCUT2D eigenvalue weighted by Gasteiger charge is -2.19. The second kappa shape index (κ2) is 10.5. The number of benzene rings is 2. The summed E-state index contributed by atoms with van der Waals surface area (Å²) in [7, 11) is 0. The van der Waals surface area contributed by atoms with Crippen LogP contribution in [0.15, 0.2) is 91.5 Å². The second-order valence-electron chi connectivity index (χ2n) is 9.52. The molecular weight excluding hydrogens is 494 g/mol. The Kier molecular flexibility index (Phi) is 6.60. The molecule has 2 aromatic carbocycles. The summed E-state index contributed by atoms with van der Waals surface area (Å²) in [5.41, 5.74) is 3.98. The van der Waals surface area contributed by atoms with E-state index >= 15 is 0 Å². The Balaban J connectivity index is 1.31. The van der Waals surface area contributed by atoms with Gasteiger partial charge in [-0.25, -0.2) is 19.7 Å². The van der Waals surface area contributed by atoms with Crippen LogP contribution in [0.4, 0.5) is 5.82 Å². The van der Waals surface area contributed by atoms with E-state index in [9.17, 15) is 15.0 Å². The minimum absolute atomic E-state index is 0.00336. The molecule has 0 spiro atoms. The lowest BCUT2D eigenvalue weighted by atomic mass is 9.91. The highest BCUT2D eigenvalue weighted by molar-refractivity contribution is 5.90. The fourth-order valence-corrected chi connectivity index (χ4v) is 5.08. The highest BCUT2D eigenvalue weighted by Gasteiger charge is 2.26. The maximum Gasteiger partial charge on any atom is 0.374 e. The molecule has 196 valence electrons. The number of aliphatic hydroxyl groups is 1. The van der Waals surface area contributed by atoms with Crippen molar-refractivity contribution in [2.75, 3.05) is 11.9 Å². The van der Waals surface area contributed by atoms with Crippen LogP contribution in [0.5, 0.6) is 0 Å². The first-order chi connectivity index (χ1) is 19.1. The predicted octanol–water partition coefficient (Wildman–Crippen LogP) is 4.20. The Hall–Kier alpha value is -4.83. The molecule has 2 atom stereocenters. The zero-order chi connectivity index (χ0) is 26.8. The van der Waals surface area contributed by atoms with Gasteiger partial charge >= 0.3 is 5.97 Å². The van der Waals surface area contributed by atoms with Crippen LogP contribution in [0.25, 0.3) is 11.2 Å². The lowest BCUT2D eigenvalue weighted by molar-refractivity contribution is 0.0684. The number of anilines is 1. The van der Waals surface area contributed by atoms with Gasteiger partial charge in [0.1, 0.15) is 0 Å². The van der Waals surface area contributed by atoms with Gasteiger partial charge in [-0.15, -0.1) is 0 Å². The van der Waals surface area contributed by atoms with E-state index in [2.05, 4.69) is 49.6 Å². The van der Waals surface area contributed by atoms with E-state index in [1.165, 1.54) is 0 Å². The minimum atomic E-state index is -1.21.